The zero-order valence-corrected chi connectivity index (χ0v) is 13.5. The molecule has 2 N–H and O–H groups in total. The van der Waals surface area contributed by atoms with Crippen molar-refractivity contribution in [3.8, 4) is 0 Å². The molecule has 122 valence electrons. The van der Waals surface area contributed by atoms with Crippen LogP contribution >= 0.6 is 11.6 Å². The van der Waals surface area contributed by atoms with Crippen molar-refractivity contribution in [2.75, 3.05) is 13.2 Å². The number of hydrogen-bond acceptors (Lipinski definition) is 4. The molecule has 0 heterocycles. The summed E-state index contributed by atoms with van der Waals surface area (Å²) in [5.41, 5.74) is -0.650. The lowest BCUT2D eigenvalue weighted by molar-refractivity contribution is -0.385. The van der Waals surface area contributed by atoms with E-state index in [4.69, 9.17) is 11.6 Å². The minimum Gasteiger partial charge on any atom is -0.396 e. The maximum absolute atomic E-state index is 12.3. The predicted octanol–water partition coefficient (Wildman–Crippen LogP) is 3.17. The molecule has 1 aromatic carbocycles. The highest BCUT2D eigenvalue weighted by Gasteiger charge is 2.28. The summed E-state index contributed by atoms with van der Waals surface area (Å²) in [4.78, 5) is 22.7. The number of benzene rings is 1. The van der Waals surface area contributed by atoms with Gasteiger partial charge in [0.25, 0.3) is 5.91 Å². The Hall–Kier alpha value is -1.66. The normalized spacial score (nSPS) is 11.3. The van der Waals surface area contributed by atoms with Crippen LogP contribution in [0.5, 0.6) is 0 Å². The molecule has 0 unspecified atom stereocenters. The second kappa shape index (κ2) is 8.10. The Morgan fingerprint density at radius 2 is 2.05 bits per heavy atom. The van der Waals surface area contributed by atoms with Crippen LogP contribution in [0.25, 0.3) is 0 Å². The average Bonchev–Trinajstić information content (AvgIpc) is 2.50. The number of nitrogens with zero attached hydrogens (tertiary/aromatic N) is 1. The summed E-state index contributed by atoms with van der Waals surface area (Å²) in [5.74, 6) is -0.529. The number of carbonyl (C=O) groups is 1. The highest BCUT2D eigenvalue weighted by Crippen LogP contribution is 2.31. The Morgan fingerprint density at radius 1 is 1.41 bits per heavy atom. The fourth-order valence-electron chi connectivity index (χ4n) is 2.43. The molecule has 0 saturated heterocycles. The zero-order chi connectivity index (χ0) is 16.8. The topological polar surface area (TPSA) is 92.5 Å². The highest BCUT2D eigenvalue weighted by molar-refractivity contribution is 6.33. The maximum atomic E-state index is 12.3. The molecule has 0 saturated carbocycles. The van der Waals surface area contributed by atoms with Crippen LogP contribution in [0.4, 0.5) is 5.69 Å². The van der Waals surface area contributed by atoms with Gasteiger partial charge < -0.3 is 10.4 Å². The number of amides is 1. The molecule has 7 heteroatoms. The molecule has 0 spiro atoms. The monoisotopic (exact) mass is 328 g/mol. The molecule has 0 atom stereocenters. The van der Waals surface area contributed by atoms with E-state index in [9.17, 15) is 20.0 Å². The lowest BCUT2D eigenvalue weighted by Gasteiger charge is -2.31. The van der Waals surface area contributed by atoms with Crippen LogP contribution in [0.15, 0.2) is 18.2 Å². The van der Waals surface area contributed by atoms with Gasteiger partial charge >= 0.3 is 5.69 Å². The standard InChI is InChI=1S/C15H21ClN2O4/c1-3-15(4-2,8-9-19)10-17-14(20)11-6-5-7-12(16)13(11)18(21)22/h5-7,19H,3-4,8-10H2,1-2H3,(H,17,20). The first kappa shape index (κ1) is 18.4. The van der Waals surface area contributed by atoms with Crippen LogP contribution in [-0.2, 0) is 0 Å². The smallest absolute Gasteiger partial charge is 0.300 e. The van der Waals surface area contributed by atoms with Gasteiger partial charge in [0.15, 0.2) is 0 Å². The van der Waals surface area contributed by atoms with Gasteiger partial charge in [0.2, 0.25) is 0 Å². The first-order chi connectivity index (χ1) is 10.4. The van der Waals surface area contributed by atoms with Crippen LogP contribution in [-0.4, -0.2) is 29.1 Å². The van der Waals surface area contributed by atoms with E-state index in [1.807, 2.05) is 13.8 Å². The average molecular weight is 329 g/mol. The number of nitrogens with one attached hydrogen (secondary N) is 1. The van der Waals surface area contributed by atoms with E-state index in [-0.39, 0.29) is 28.3 Å². The van der Waals surface area contributed by atoms with Crippen molar-refractivity contribution in [2.24, 2.45) is 5.41 Å². The van der Waals surface area contributed by atoms with Crippen molar-refractivity contribution < 1.29 is 14.8 Å². The van der Waals surface area contributed by atoms with Crippen molar-refractivity contribution in [1.82, 2.24) is 5.32 Å². The van der Waals surface area contributed by atoms with Crippen molar-refractivity contribution in [2.45, 2.75) is 33.1 Å². The summed E-state index contributed by atoms with van der Waals surface area (Å²) in [5, 5.41) is 22.9. The van der Waals surface area contributed by atoms with E-state index in [0.717, 1.165) is 12.8 Å². The Bertz CT molecular complexity index is 544. The number of carbonyl (C=O) groups excluding carboxylic acids is 1. The summed E-state index contributed by atoms with van der Waals surface area (Å²) in [6, 6.07) is 4.26. The third kappa shape index (κ3) is 4.18. The Balaban J connectivity index is 2.95. The molecule has 0 aliphatic rings. The molecule has 1 aromatic rings. The number of halogens is 1. The summed E-state index contributed by atoms with van der Waals surface area (Å²) in [6.07, 6.45) is 2.15. The Labute approximate surface area is 134 Å². The van der Waals surface area contributed by atoms with Crippen LogP contribution in [0, 0.1) is 15.5 Å². The summed E-state index contributed by atoms with van der Waals surface area (Å²) < 4.78 is 0. The number of hydrogen-bond donors (Lipinski definition) is 2. The third-order valence-electron chi connectivity index (χ3n) is 4.18. The van der Waals surface area contributed by atoms with Gasteiger partial charge in [-0.15, -0.1) is 0 Å². The number of rotatable bonds is 8. The van der Waals surface area contributed by atoms with Gasteiger partial charge in [-0.2, -0.15) is 0 Å². The highest BCUT2D eigenvalue weighted by atomic mass is 35.5. The number of aliphatic hydroxyl groups excluding tert-OH is 1. The van der Waals surface area contributed by atoms with Gasteiger partial charge in [-0.05, 0) is 36.8 Å². The molecule has 0 aromatic heterocycles. The Kier molecular flexibility index (Phi) is 6.77. The SMILES string of the molecule is CCC(CC)(CCO)CNC(=O)c1cccc(Cl)c1[N+](=O)[O-]. The van der Waals surface area contributed by atoms with E-state index >= 15 is 0 Å². The number of nitro groups is 1. The molecule has 22 heavy (non-hydrogen) atoms. The van der Waals surface area contributed by atoms with Crippen LogP contribution < -0.4 is 5.32 Å². The van der Waals surface area contributed by atoms with E-state index in [0.29, 0.717) is 13.0 Å². The van der Waals surface area contributed by atoms with E-state index in [1.165, 1.54) is 18.2 Å². The molecule has 6 nitrogen and oxygen atoms in total. The van der Waals surface area contributed by atoms with Crippen LogP contribution in [0.3, 0.4) is 0 Å². The zero-order valence-electron chi connectivity index (χ0n) is 12.8. The van der Waals surface area contributed by atoms with Crippen molar-refractivity contribution in [3.63, 3.8) is 0 Å². The minimum absolute atomic E-state index is 0.0366. The van der Waals surface area contributed by atoms with E-state index in [2.05, 4.69) is 5.32 Å². The van der Waals surface area contributed by atoms with Crippen molar-refractivity contribution in [1.29, 1.82) is 0 Å². The third-order valence-corrected chi connectivity index (χ3v) is 4.49. The molecule has 0 aliphatic heterocycles. The fraction of sp³-hybridized carbons (Fsp3) is 0.533. The van der Waals surface area contributed by atoms with Crippen LogP contribution in [0.2, 0.25) is 5.02 Å². The fourth-order valence-corrected chi connectivity index (χ4v) is 2.67. The van der Waals surface area contributed by atoms with Gasteiger partial charge in [-0.25, -0.2) is 0 Å². The number of aliphatic hydroxyl groups is 1. The summed E-state index contributed by atoms with van der Waals surface area (Å²) in [7, 11) is 0. The maximum Gasteiger partial charge on any atom is 0.300 e. The first-order valence-corrected chi connectivity index (χ1v) is 7.60. The largest absolute Gasteiger partial charge is 0.396 e. The van der Waals surface area contributed by atoms with Gasteiger partial charge in [0, 0.05) is 13.2 Å². The second-order valence-corrected chi connectivity index (χ2v) is 5.66. The van der Waals surface area contributed by atoms with Gasteiger partial charge in [0.1, 0.15) is 10.6 Å². The lowest BCUT2D eigenvalue weighted by Crippen LogP contribution is -2.37. The molecular formula is C15H21ClN2O4. The Morgan fingerprint density at radius 3 is 2.55 bits per heavy atom. The van der Waals surface area contributed by atoms with Gasteiger partial charge in [0.05, 0.1) is 4.92 Å². The van der Waals surface area contributed by atoms with E-state index in [1.54, 1.807) is 0 Å². The molecule has 1 rings (SSSR count). The second-order valence-electron chi connectivity index (χ2n) is 5.26. The van der Waals surface area contributed by atoms with Crippen LogP contribution in [0.1, 0.15) is 43.5 Å². The molecule has 1 amide bonds. The molecule has 0 radical (unpaired) electrons. The van der Waals surface area contributed by atoms with Crippen molar-refractivity contribution >= 4 is 23.2 Å². The first-order valence-electron chi connectivity index (χ1n) is 7.22. The number of para-hydroxylation sites is 1. The van der Waals surface area contributed by atoms with Crippen molar-refractivity contribution in [3.05, 3.63) is 38.9 Å². The van der Waals surface area contributed by atoms with Gasteiger partial charge in [-0.3, -0.25) is 14.9 Å². The molecular weight excluding hydrogens is 308 g/mol. The molecule has 0 fully saturated rings. The van der Waals surface area contributed by atoms with E-state index < -0.39 is 10.8 Å². The molecule has 0 bridgehead atoms. The summed E-state index contributed by atoms with van der Waals surface area (Å²) in [6.45, 7) is 4.37. The minimum atomic E-state index is -0.655. The van der Waals surface area contributed by atoms with Gasteiger partial charge in [-0.1, -0.05) is 31.5 Å². The quantitative estimate of drug-likeness (QED) is 0.566. The number of nitro benzene ring substituents is 1. The lowest BCUT2D eigenvalue weighted by atomic mass is 9.79. The molecule has 0 aliphatic carbocycles. The summed E-state index contributed by atoms with van der Waals surface area (Å²) >= 11 is 5.81. The predicted molar refractivity (Wildman–Crippen MR) is 85.2 cm³/mol.